The van der Waals surface area contributed by atoms with Crippen molar-refractivity contribution in [2.24, 2.45) is 0 Å². The first-order valence-corrected chi connectivity index (χ1v) is 7.56. The van der Waals surface area contributed by atoms with E-state index in [1.54, 1.807) is 6.07 Å². The molecule has 0 spiro atoms. The molecule has 2 rings (SSSR count). The van der Waals surface area contributed by atoms with Crippen LogP contribution in [-0.4, -0.2) is 16.6 Å². The molecule has 0 unspecified atom stereocenters. The number of hydrogen-bond donors (Lipinski definition) is 1. The molecule has 1 aromatic heterocycles. The van der Waals surface area contributed by atoms with Gasteiger partial charge in [-0.15, -0.1) is 11.8 Å². The molecule has 2 aromatic rings. The Hall–Kier alpha value is -2.09. The molecule has 0 aliphatic carbocycles. The minimum atomic E-state index is -4.83. The van der Waals surface area contributed by atoms with Gasteiger partial charge < -0.3 is 5.32 Å². The van der Waals surface area contributed by atoms with Gasteiger partial charge in [0.25, 0.3) is 5.91 Å². The number of halogens is 4. The van der Waals surface area contributed by atoms with Crippen LogP contribution < -0.4 is 5.32 Å². The molecule has 1 aromatic carbocycles. The van der Waals surface area contributed by atoms with Crippen LogP contribution in [0.25, 0.3) is 0 Å². The molecule has 0 radical (unpaired) electrons. The molecular formula is C15H12F4N2OS. The summed E-state index contributed by atoms with van der Waals surface area (Å²) in [5, 5.41) is 3.04. The fraction of sp³-hybridized carbons (Fsp3) is 0.200. The Morgan fingerprint density at radius 1 is 1.26 bits per heavy atom. The number of anilines is 1. The number of amides is 1. The molecule has 0 bridgehead atoms. The topological polar surface area (TPSA) is 42.0 Å². The van der Waals surface area contributed by atoms with Gasteiger partial charge in [-0.1, -0.05) is 6.92 Å². The summed E-state index contributed by atoms with van der Waals surface area (Å²) in [5.41, 5.74) is -1.37. The van der Waals surface area contributed by atoms with E-state index in [9.17, 15) is 22.4 Å². The molecule has 122 valence electrons. The SMILES string of the molecule is CCSc1ccc(C(=O)Nc2ccc(F)c(C(F)(F)F)c2)cn1. The molecule has 0 atom stereocenters. The minimum Gasteiger partial charge on any atom is -0.322 e. The number of nitrogens with one attached hydrogen (secondary N) is 1. The lowest BCUT2D eigenvalue weighted by molar-refractivity contribution is -0.139. The van der Waals surface area contributed by atoms with Crippen LogP contribution in [0.4, 0.5) is 23.2 Å². The van der Waals surface area contributed by atoms with Crippen molar-refractivity contribution in [3.05, 3.63) is 53.5 Å². The zero-order valence-corrected chi connectivity index (χ0v) is 12.8. The number of hydrogen-bond acceptors (Lipinski definition) is 3. The van der Waals surface area contributed by atoms with Crippen molar-refractivity contribution < 1.29 is 22.4 Å². The van der Waals surface area contributed by atoms with E-state index in [0.29, 0.717) is 12.1 Å². The van der Waals surface area contributed by atoms with Gasteiger partial charge in [0.2, 0.25) is 0 Å². The van der Waals surface area contributed by atoms with Crippen molar-refractivity contribution in [2.45, 2.75) is 18.1 Å². The van der Waals surface area contributed by atoms with Crippen LogP contribution in [0, 0.1) is 5.82 Å². The van der Waals surface area contributed by atoms with Gasteiger partial charge >= 0.3 is 6.18 Å². The summed E-state index contributed by atoms with van der Waals surface area (Å²) in [6.45, 7) is 1.96. The quantitative estimate of drug-likeness (QED) is 0.651. The van der Waals surface area contributed by atoms with Crippen LogP contribution in [0.1, 0.15) is 22.8 Å². The van der Waals surface area contributed by atoms with Crippen LogP contribution in [0.15, 0.2) is 41.6 Å². The molecule has 8 heteroatoms. The van der Waals surface area contributed by atoms with Crippen molar-refractivity contribution in [3.63, 3.8) is 0 Å². The largest absolute Gasteiger partial charge is 0.419 e. The molecule has 0 saturated carbocycles. The third-order valence-corrected chi connectivity index (χ3v) is 3.65. The zero-order chi connectivity index (χ0) is 17.0. The maximum absolute atomic E-state index is 13.2. The number of benzene rings is 1. The second-order valence-corrected chi connectivity index (χ2v) is 5.75. The maximum atomic E-state index is 13.2. The van der Waals surface area contributed by atoms with Gasteiger partial charge in [0, 0.05) is 11.9 Å². The smallest absolute Gasteiger partial charge is 0.322 e. The number of alkyl halides is 3. The van der Waals surface area contributed by atoms with Gasteiger partial charge in [0.15, 0.2) is 0 Å². The molecule has 0 saturated heterocycles. The number of aromatic nitrogens is 1. The number of carbonyl (C=O) groups excluding carboxylic acids is 1. The Bertz CT molecular complexity index is 702. The van der Waals surface area contributed by atoms with Gasteiger partial charge in [-0.05, 0) is 36.1 Å². The van der Waals surface area contributed by atoms with E-state index in [-0.39, 0.29) is 11.3 Å². The van der Waals surface area contributed by atoms with Crippen LogP contribution >= 0.6 is 11.8 Å². The van der Waals surface area contributed by atoms with E-state index in [1.807, 2.05) is 6.92 Å². The Balaban J connectivity index is 2.17. The Morgan fingerprint density at radius 3 is 2.57 bits per heavy atom. The first-order valence-electron chi connectivity index (χ1n) is 6.58. The highest BCUT2D eigenvalue weighted by atomic mass is 32.2. The normalized spacial score (nSPS) is 11.3. The number of thioether (sulfide) groups is 1. The molecule has 23 heavy (non-hydrogen) atoms. The summed E-state index contributed by atoms with van der Waals surface area (Å²) >= 11 is 1.50. The summed E-state index contributed by atoms with van der Waals surface area (Å²) in [6, 6.07) is 5.46. The lowest BCUT2D eigenvalue weighted by atomic mass is 10.1. The van der Waals surface area contributed by atoms with E-state index >= 15 is 0 Å². The maximum Gasteiger partial charge on any atom is 0.419 e. The van der Waals surface area contributed by atoms with Crippen LogP contribution in [-0.2, 0) is 6.18 Å². The van der Waals surface area contributed by atoms with E-state index in [4.69, 9.17) is 0 Å². The van der Waals surface area contributed by atoms with E-state index in [0.717, 1.165) is 16.8 Å². The number of pyridine rings is 1. The Labute approximate surface area is 134 Å². The van der Waals surface area contributed by atoms with Gasteiger partial charge in [0.05, 0.1) is 16.2 Å². The summed E-state index contributed by atoms with van der Waals surface area (Å²) in [5.74, 6) is -1.18. The monoisotopic (exact) mass is 344 g/mol. The van der Waals surface area contributed by atoms with Crippen LogP contribution in [0.5, 0.6) is 0 Å². The first-order chi connectivity index (χ1) is 10.8. The third-order valence-electron chi connectivity index (χ3n) is 2.82. The number of rotatable bonds is 4. The fourth-order valence-electron chi connectivity index (χ4n) is 1.77. The second-order valence-electron chi connectivity index (χ2n) is 4.46. The predicted octanol–water partition coefficient (Wildman–Crippen LogP) is 4.60. The summed E-state index contributed by atoms with van der Waals surface area (Å²) in [7, 11) is 0. The van der Waals surface area contributed by atoms with Crippen molar-refractivity contribution in [2.75, 3.05) is 11.1 Å². The summed E-state index contributed by atoms with van der Waals surface area (Å²) in [6.07, 6.45) is -3.49. The van der Waals surface area contributed by atoms with Gasteiger partial charge in [-0.3, -0.25) is 4.79 Å². The molecule has 3 nitrogen and oxygen atoms in total. The van der Waals surface area contributed by atoms with Crippen molar-refractivity contribution >= 4 is 23.4 Å². The molecule has 0 aliphatic rings. The zero-order valence-electron chi connectivity index (χ0n) is 11.9. The standard InChI is InChI=1S/C15H12F4N2OS/c1-2-23-13-6-3-9(8-20-13)14(22)21-10-4-5-12(16)11(7-10)15(17,18)19/h3-8H,2H2,1H3,(H,21,22). The van der Waals surface area contributed by atoms with E-state index in [2.05, 4.69) is 10.3 Å². The van der Waals surface area contributed by atoms with Crippen molar-refractivity contribution in [1.82, 2.24) is 4.98 Å². The third kappa shape index (κ3) is 4.44. The second kappa shape index (κ2) is 6.99. The average molecular weight is 344 g/mol. The van der Waals surface area contributed by atoms with Crippen LogP contribution in [0.2, 0.25) is 0 Å². The molecule has 1 N–H and O–H groups in total. The highest BCUT2D eigenvalue weighted by Gasteiger charge is 2.34. The minimum absolute atomic E-state index is 0.143. The molecule has 1 heterocycles. The average Bonchev–Trinajstić information content (AvgIpc) is 2.49. The summed E-state index contributed by atoms with van der Waals surface area (Å²) < 4.78 is 51.1. The van der Waals surface area contributed by atoms with Crippen LogP contribution in [0.3, 0.4) is 0 Å². The fourth-order valence-corrected chi connectivity index (χ4v) is 2.36. The van der Waals surface area contributed by atoms with E-state index < -0.39 is 23.5 Å². The predicted molar refractivity (Wildman–Crippen MR) is 80.0 cm³/mol. The molecule has 0 fully saturated rings. The first kappa shape index (κ1) is 17.3. The highest BCUT2D eigenvalue weighted by molar-refractivity contribution is 7.99. The number of nitrogens with zero attached hydrogens (tertiary/aromatic N) is 1. The molecule has 0 aliphatic heterocycles. The van der Waals surface area contributed by atoms with Gasteiger partial charge in [0.1, 0.15) is 5.82 Å². The molecule has 1 amide bonds. The van der Waals surface area contributed by atoms with Gasteiger partial charge in [-0.25, -0.2) is 9.37 Å². The molecular weight excluding hydrogens is 332 g/mol. The lowest BCUT2D eigenvalue weighted by Crippen LogP contribution is -2.14. The van der Waals surface area contributed by atoms with E-state index in [1.165, 1.54) is 24.0 Å². The highest BCUT2D eigenvalue weighted by Crippen LogP contribution is 2.33. The Kier molecular flexibility index (Phi) is 5.25. The lowest BCUT2D eigenvalue weighted by Gasteiger charge is -2.11. The number of carbonyl (C=O) groups is 1. The van der Waals surface area contributed by atoms with Gasteiger partial charge in [-0.2, -0.15) is 13.2 Å². The van der Waals surface area contributed by atoms with Crippen molar-refractivity contribution in [1.29, 1.82) is 0 Å². The Morgan fingerprint density at radius 2 is 2.00 bits per heavy atom. The summed E-state index contributed by atoms with van der Waals surface area (Å²) in [4.78, 5) is 16.1. The van der Waals surface area contributed by atoms with Crippen molar-refractivity contribution in [3.8, 4) is 0 Å².